The number of carbonyl (C=O) groups is 1. The van der Waals surface area contributed by atoms with Crippen LogP contribution in [-0.2, 0) is 11.8 Å². The van der Waals surface area contributed by atoms with Crippen molar-refractivity contribution in [3.63, 3.8) is 0 Å². The number of aliphatic hydroxyl groups excluding tert-OH is 1. The zero-order chi connectivity index (χ0) is 17.7. The number of amides is 1. The molecule has 0 radical (unpaired) electrons. The Kier molecular flexibility index (Phi) is 5.84. The molecule has 0 saturated carbocycles. The lowest BCUT2D eigenvalue weighted by Crippen LogP contribution is -2.37. The highest BCUT2D eigenvalue weighted by molar-refractivity contribution is 5.96. The summed E-state index contributed by atoms with van der Waals surface area (Å²) in [6.45, 7) is 7.68. The summed E-state index contributed by atoms with van der Waals surface area (Å²) in [5.74, 6) is -0.00805. The van der Waals surface area contributed by atoms with Crippen LogP contribution >= 0.6 is 0 Å². The molecule has 0 fully saturated rings. The lowest BCUT2D eigenvalue weighted by Gasteiger charge is -2.29. The van der Waals surface area contributed by atoms with E-state index in [1.54, 1.807) is 6.08 Å². The van der Waals surface area contributed by atoms with Crippen molar-refractivity contribution in [3.05, 3.63) is 42.1 Å². The van der Waals surface area contributed by atoms with Crippen molar-refractivity contribution in [2.75, 3.05) is 19.7 Å². The van der Waals surface area contributed by atoms with Crippen molar-refractivity contribution in [3.8, 4) is 0 Å². The van der Waals surface area contributed by atoms with Gasteiger partial charge in [-0.25, -0.2) is 0 Å². The molecule has 0 unspecified atom stereocenters. The Morgan fingerprint density at radius 1 is 1.29 bits per heavy atom. The molecule has 1 heterocycles. The standard InChI is InChI=1S/C20H28N2O2/c1-20(2,3)15-22(12-7-13-23)19(24)11-10-16-14-21(4)18-9-6-5-8-17(16)18/h5-6,8-11,14,23H,7,12-13,15H2,1-4H3. The number of aliphatic hydroxyl groups is 1. The zero-order valence-corrected chi connectivity index (χ0v) is 15.1. The van der Waals surface area contributed by atoms with Crippen LogP contribution in [0.1, 0.15) is 32.8 Å². The van der Waals surface area contributed by atoms with Gasteiger partial charge in [-0.2, -0.15) is 0 Å². The molecule has 24 heavy (non-hydrogen) atoms. The molecule has 2 rings (SSSR count). The fraction of sp³-hybridized carbons (Fsp3) is 0.450. The van der Waals surface area contributed by atoms with Crippen LogP contribution in [0.25, 0.3) is 17.0 Å². The Balaban J connectivity index is 2.19. The first-order valence-corrected chi connectivity index (χ1v) is 8.44. The van der Waals surface area contributed by atoms with Crippen molar-refractivity contribution in [2.45, 2.75) is 27.2 Å². The smallest absolute Gasteiger partial charge is 0.246 e. The highest BCUT2D eigenvalue weighted by Crippen LogP contribution is 2.22. The van der Waals surface area contributed by atoms with E-state index in [4.69, 9.17) is 5.11 Å². The normalized spacial score (nSPS) is 12.2. The average molecular weight is 328 g/mol. The fourth-order valence-electron chi connectivity index (χ4n) is 2.87. The van der Waals surface area contributed by atoms with Crippen molar-refractivity contribution >= 4 is 22.9 Å². The van der Waals surface area contributed by atoms with E-state index in [0.29, 0.717) is 19.5 Å². The second-order valence-corrected chi connectivity index (χ2v) is 7.44. The van der Waals surface area contributed by atoms with Crippen LogP contribution in [0.15, 0.2) is 36.5 Å². The van der Waals surface area contributed by atoms with Crippen LogP contribution < -0.4 is 0 Å². The lowest BCUT2D eigenvalue weighted by molar-refractivity contribution is -0.127. The van der Waals surface area contributed by atoms with Gasteiger partial charge < -0.3 is 14.6 Å². The van der Waals surface area contributed by atoms with Crippen molar-refractivity contribution in [1.82, 2.24) is 9.47 Å². The van der Waals surface area contributed by atoms with Gasteiger partial charge in [0.05, 0.1) is 0 Å². The van der Waals surface area contributed by atoms with E-state index >= 15 is 0 Å². The Morgan fingerprint density at radius 3 is 2.67 bits per heavy atom. The van der Waals surface area contributed by atoms with Gasteiger partial charge in [0, 0.05) is 55.5 Å². The fourth-order valence-corrected chi connectivity index (χ4v) is 2.87. The predicted molar refractivity (Wildman–Crippen MR) is 99.7 cm³/mol. The van der Waals surface area contributed by atoms with Gasteiger partial charge in [0.2, 0.25) is 5.91 Å². The van der Waals surface area contributed by atoms with Gasteiger partial charge in [0.25, 0.3) is 0 Å². The molecule has 0 aliphatic rings. The molecular weight excluding hydrogens is 300 g/mol. The first-order valence-electron chi connectivity index (χ1n) is 8.44. The van der Waals surface area contributed by atoms with Crippen molar-refractivity contribution in [2.24, 2.45) is 12.5 Å². The maximum atomic E-state index is 12.6. The Bertz CT molecular complexity index is 723. The molecule has 0 aliphatic carbocycles. The highest BCUT2D eigenvalue weighted by Gasteiger charge is 2.19. The molecule has 0 spiro atoms. The molecule has 0 bridgehead atoms. The molecule has 1 N–H and O–H groups in total. The number of aromatic nitrogens is 1. The van der Waals surface area contributed by atoms with Gasteiger partial charge in [-0.3, -0.25) is 4.79 Å². The van der Waals surface area contributed by atoms with Gasteiger partial charge in [0.15, 0.2) is 0 Å². The van der Waals surface area contributed by atoms with E-state index in [1.807, 2.05) is 36.4 Å². The summed E-state index contributed by atoms with van der Waals surface area (Å²) < 4.78 is 2.07. The molecule has 4 heteroatoms. The molecule has 0 saturated heterocycles. The first-order chi connectivity index (χ1) is 11.3. The van der Waals surface area contributed by atoms with Gasteiger partial charge in [-0.15, -0.1) is 0 Å². The first kappa shape index (κ1) is 18.3. The van der Waals surface area contributed by atoms with E-state index in [-0.39, 0.29) is 17.9 Å². The third kappa shape index (κ3) is 4.71. The number of carbonyl (C=O) groups excluding carboxylic acids is 1. The summed E-state index contributed by atoms with van der Waals surface area (Å²) >= 11 is 0. The maximum Gasteiger partial charge on any atom is 0.246 e. The highest BCUT2D eigenvalue weighted by atomic mass is 16.3. The predicted octanol–water partition coefficient (Wildman–Crippen LogP) is 3.45. The Hall–Kier alpha value is -2.07. The summed E-state index contributed by atoms with van der Waals surface area (Å²) in [5, 5.41) is 10.2. The van der Waals surface area contributed by atoms with Gasteiger partial charge in [-0.1, -0.05) is 39.0 Å². The van der Waals surface area contributed by atoms with E-state index in [0.717, 1.165) is 16.5 Å². The molecule has 1 amide bonds. The number of nitrogens with zero attached hydrogens (tertiary/aromatic N) is 2. The number of rotatable bonds is 6. The van der Waals surface area contributed by atoms with E-state index in [2.05, 4.69) is 37.5 Å². The SMILES string of the molecule is Cn1cc(C=CC(=O)N(CCCO)CC(C)(C)C)c2ccccc21. The number of para-hydroxylation sites is 1. The number of aryl methyl sites for hydroxylation is 1. The molecule has 0 aliphatic heterocycles. The van der Waals surface area contributed by atoms with Gasteiger partial charge in [0.1, 0.15) is 0 Å². The molecule has 130 valence electrons. The largest absolute Gasteiger partial charge is 0.396 e. The minimum Gasteiger partial charge on any atom is -0.396 e. The van der Waals surface area contributed by atoms with Gasteiger partial charge >= 0.3 is 0 Å². The maximum absolute atomic E-state index is 12.6. The molecule has 0 atom stereocenters. The number of fused-ring (bicyclic) bond motifs is 1. The minimum atomic E-state index is -0.00805. The molecular formula is C20H28N2O2. The van der Waals surface area contributed by atoms with Crippen LogP contribution in [0, 0.1) is 5.41 Å². The third-order valence-electron chi connectivity index (χ3n) is 3.90. The summed E-state index contributed by atoms with van der Waals surface area (Å²) in [4.78, 5) is 14.4. The molecule has 2 aromatic rings. The molecule has 1 aromatic carbocycles. The summed E-state index contributed by atoms with van der Waals surface area (Å²) in [6.07, 6.45) is 6.17. The summed E-state index contributed by atoms with van der Waals surface area (Å²) in [7, 11) is 2.01. The second-order valence-electron chi connectivity index (χ2n) is 7.44. The number of hydrogen-bond donors (Lipinski definition) is 1. The summed E-state index contributed by atoms with van der Waals surface area (Å²) in [6, 6.07) is 8.16. The van der Waals surface area contributed by atoms with E-state index in [9.17, 15) is 4.79 Å². The van der Waals surface area contributed by atoms with Crippen molar-refractivity contribution < 1.29 is 9.90 Å². The zero-order valence-electron chi connectivity index (χ0n) is 15.1. The lowest BCUT2D eigenvalue weighted by atomic mass is 9.96. The monoisotopic (exact) mass is 328 g/mol. The van der Waals surface area contributed by atoms with E-state index in [1.165, 1.54) is 0 Å². The third-order valence-corrected chi connectivity index (χ3v) is 3.90. The number of benzene rings is 1. The molecule has 1 aromatic heterocycles. The van der Waals surface area contributed by atoms with Crippen LogP contribution in [0.2, 0.25) is 0 Å². The quantitative estimate of drug-likeness (QED) is 0.826. The number of hydrogen-bond acceptors (Lipinski definition) is 2. The van der Waals surface area contributed by atoms with Crippen LogP contribution in [0.3, 0.4) is 0 Å². The average Bonchev–Trinajstić information content (AvgIpc) is 2.85. The minimum absolute atomic E-state index is 0.00805. The van der Waals surface area contributed by atoms with E-state index < -0.39 is 0 Å². The van der Waals surface area contributed by atoms with Crippen molar-refractivity contribution in [1.29, 1.82) is 0 Å². The Labute approximate surface area is 144 Å². The Morgan fingerprint density at radius 2 is 2.00 bits per heavy atom. The van der Waals surface area contributed by atoms with Crippen LogP contribution in [0.4, 0.5) is 0 Å². The van der Waals surface area contributed by atoms with Crippen LogP contribution in [-0.4, -0.2) is 40.2 Å². The second kappa shape index (κ2) is 7.67. The summed E-state index contributed by atoms with van der Waals surface area (Å²) in [5.41, 5.74) is 2.22. The molecule has 4 nitrogen and oxygen atoms in total. The topological polar surface area (TPSA) is 45.5 Å². The van der Waals surface area contributed by atoms with Crippen LogP contribution in [0.5, 0.6) is 0 Å². The van der Waals surface area contributed by atoms with Gasteiger partial charge in [-0.05, 0) is 24.0 Å².